The van der Waals surface area contributed by atoms with Crippen molar-refractivity contribution in [2.45, 2.75) is 46.6 Å². The Bertz CT molecular complexity index is 1030. The van der Waals surface area contributed by atoms with Gasteiger partial charge in [0.2, 0.25) is 0 Å². The molecule has 3 aromatic rings. The predicted octanol–water partition coefficient (Wildman–Crippen LogP) is 5.90. The van der Waals surface area contributed by atoms with Crippen molar-refractivity contribution in [2.24, 2.45) is 0 Å². The molecule has 0 radical (unpaired) electrons. The maximum absolute atomic E-state index is 12.8. The van der Waals surface area contributed by atoms with Gasteiger partial charge in [-0.2, -0.15) is 0 Å². The molecule has 0 fully saturated rings. The van der Waals surface area contributed by atoms with Crippen molar-refractivity contribution in [1.29, 1.82) is 0 Å². The normalized spacial score (nSPS) is 11.3. The summed E-state index contributed by atoms with van der Waals surface area (Å²) in [5.74, 6) is 1.21. The Labute approximate surface area is 182 Å². The number of anilines is 1. The predicted molar refractivity (Wildman–Crippen MR) is 122 cm³/mol. The summed E-state index contributed by atoms with van der Waals surface area (Å²) in [7, 11) is 1.59. The number of rotatable bonds is 6. The van der Waals surface area contributed by atoms with Gasteiger partial charge in [-0.25, -0.2) is 4.98 Å². The van der Waals surface area contributed by atoms with Crippen molar-refractivity contribution in [2.75, 3.05) is 12.4 Å². The van der Waals surface area contributed by atoms with Crippen LogP contribution in [0.4, 0.5) is 5.69 Å². The van der Waals surface area contributed by atoms with Gasteiger partial charge in [0.1, 0.15) is 28.0 Å². The van der Waals surface area contributed by atoms with Gasteiger partial charge in [0, 0.05) is 0 Å². The maximum atomic E-state index is 12.8. The van der Waals surface area contributed by atoms with Crippen LogP contribution in [-0.4, -0.2) is 18.0 Å². The molecule has 0 saturated heterocycles. The Balaban J connectivity index is 1.68. The van der Waals surface area contributed by atoms with E-state index in [1.165, 1.54) is 16.9 Å². The Morgan fingerprint density at radius 3 is 2.43 bits per heavy atom. The molecule has 0 aliphatic carbocycles. The highest BCUT2D eigenvalue weighted by Crippen LogP contribution is 2.28. The van der Waals surface area contributed by atoms with E-state index in [4.69, 9.17) is 9.47 Å². The molecule has 1 aromatic heterocycles. The van der Waals surface area contributed by atoms with Gasteiger partial charge in [-0.3, -0.25) is 4.79 Å². The molecule has 0 aliphatic rings. The first-order valence-electron chi connectivity index (χ1n) is 9.83. The molecule has 0 bridgehead atoms. The van der Waals surface area contributed by atoms with Gasteiger partial charge < -0.3 is 14.8 Å². The lowest BCUT2D eigenvalue weighted by atomic mass is 9.87. The van der Waals surface area contributed by atoms with Gasteiger partial charge in [0.05, 0.1) is 18.5 Å². The molecule has 0 spiro atoms. The van der Waals surface area contributed by atoms with Crippen LogP contribution in [0.15, 0.2) is 42.5 Å². The van der Waals surface area contributed by atoms with Crippen LogP contribution in [0.3, 0.4) is 0 Å². The monoisotopic (exact) mass is 424 g/mol. The molecule has 158 valence electrons. The van der Waals surface area contributed by atoms with E-state index in [1.807, 2.05) is 44.2 Å². The fraction of sp³-hybridized carbons (Fsp3) is 0.333. The van der Waals surface area contributed by atoms with Gasteiger partial charge in [0.15, 0.2) is 0 Å². The Morgan fingerprint density at radius 2 is 1.80 bits per heavy atom. The number of benzene rings is 2. The number of thiazole rings is 1. The lowest BCUT2D eigenvalue weighted by Gasteiger charge is -2.19. The summed E-state index contributed by atoms with van der Waals surface area (Å²) in [6, 6.07) is 13.8. The minimum Gasteiger partial charge on any atom is -0.495 e. The van der Waals surface area contributed by atoms with Crippen molar-refractivity contribution < 1.29 is 14.3 Å². The van der Waals surface area contributed by atoms with Crippen LogP contribution in [0.5, 0.6) is 11.5 Å². The first-order chi connectivity index (χ1) is 14.2. The second-order valence-corrected chi connectivity index (χ2v) is 9.33. The molecule has 6 heteroatoms. The standard InChI is InChI=1S/C24H28N2O3S/c1-15-7-12-20(28-6)19(13-15)26-23(27)22-16(2)25-21(30-22)14-29-18-10-8-17(9-11-18)24(3,4)5/h7-13H,14H2,1-6H3,(H,26,27). The number of hydrogen-bond donors (Lipinski definition) is 1. The minimum atomic E-state index is -0.199. The lowest BCUT2D eigenvalue weighted by molar-refractivity contribution is 0.102. The summed E-state index contributed by atoms with van der Waals surface area (Å²) in [6.07, 6.45) is 0. The zero-order valence-corrected chi connectivity index (χ0v) is 19.1. The molecule has 30 heavy (non-hydrogen) atoms. The first kappa shape index (κ1) is 21.8. The van der Waals surface area contributed by atoms with Crippen LogP contribution in [0.2, 0.25) is 0 Å². The SMILES string of the molecule is COc1ccc(C)cc1NC(=O)c1sc(COc2ccc(C(C)(C)C)cc2)nc1C. The first-order valence-corrected chi connectivity index (χ1v) is 10.6. The van der Waals surface area contributed by atoms with Crippen LogP contribution in [0.1, 0.15) is 52.3 Å². The topological polar surface area (TPSA) is 60.5 Å². The molecule has 0 unspecified atom stereocenters. The quantitative estimate of drug-likeness (QED) is 0.535. The summed E-state index contributed by atoms with van der Waals surface area (Å²) >= 11 is 1.34. The van der Waals surface area contributed by atoms with E-state index in [0.717, 1.165) is 16.3 Å². The molecular formula is C24H28N2O3S. The average molecular weight is 425 g/mol. The fourth-order valence-electron chi connectivity index (χ4n) is 3.02. The molecule has 0 aliphatic heterocycles. The molecule has 2 aromatic carbocycles. The molecule has 1 heterocycles. The number of amides is 1. The molecule has 3 rings (SSSR count). The molecular weight excluding hydrogens is 396 g/mol. The van der Waals surface area contributed by atoms with Crippen LogP contribution >= 0.6 is 11.3 Å². The van der Waals surface area contributed by atoms with E-state index >= 15 is 0 Å². The van der Waals surface area contributed by atoms with Gasteiger partial charge in [-0.05, 0) is 54.7 Å². The van der Waals surface area contributed by atoms with Gasteiger partial charge in [-0.1, -0.05) is 39.0 Å². The molecule has 0 atom stereocenters. The fourth-order valence-corrected chi connectivity index (χ4v) is 3.89. The number of carbonyl (C=O) groups excluding carboxylic acids is 1. The van der Waals surface area contributed by atoms with E-state index < -0.39 is 0 Å². The number of carbonyl (C=O) groups is 1. The second-order valence-electron chi connectivity index (χ2n) is 8.24. The van der Waals surface area contributed by atoms with E-state index in [-0.39, 0.29) is 11.3 Å². The molecule has 0 saturated carbocycles. The van der Waals surface area contributed by atoms with Crippen LogP contribution in [0, 0.1) is 13.8 Å². The van der Waals surface area contributed by atoms with Gasteiger partial charge in [0.25, 0.3) is 5.91 Å². The Kier molecular flexibility index (Phi) is 6.46. The third-order valence-corrected chi connectivity index (χ3v) is 5.86. The molecule has 1 amide bonds. The zero-order chi connectivity index (χ0) is 21.9. The summed E-state index contributed by atoms with van der Waals surface area (Å²) < 4.78 is 11.2. The van der Waals surface area contributed by atoms with E-state index in [9.17, 15) is 4.79 Å². The summed E-state index contributed by atoms with van der Waals surface area (Å²) in [5, 5.41) is 3.69. The van der Waals surface area contributed by atoms with Crippen LogP contribution in [-0.2, 0) is 12.0 Å². The number of hydrogen-bond acceptors (Lipinski definition) is 5. The summed E-state index contributed by atoms with van der Waals surface area (Å²) in [6.45, 7) is 10.7. The number of nitrogens with zero attached hydrogens (tertiary/aromatic N) is 1. The Hall–Kier alpha value is -2.86. The highest BCUT2D eigenvalue weighted by molar-refractivity contribution is 7.13. The second kappa shape index (κ2) is 8.88. The third-order valence-electron chi connectivity index (χ3n) is 4.73. The zero-order valence-electron chi connectivity index (χ0n) is 18.3. The highest BCUT2D eigenvalue weighted by Gasteiger charge is 2.18. The molecule has 5 nitrogen and oxygen atoms in total. The van der Waals surface area contributed by atoms with Crippen LogP contribution in [0.25, 0.3) is 0 Å². The average Bonchev–Trinajstić information content (AvgIpc) is 3.07. The highest BCUT2D eigenvalue weighted by atomic mass is 32.1. The van der Waals surface area contributed by atoms with Crippen molar-refractivity contribution in [3.8, 4) is 11.5 Å². The molecule has 1 N–H and O–H groups in total. The van der Waals surface area contributed by atoms with Crippen molar-refractivity contribution >= 4 is 22.9 Å². The Morgan fingerprint density at radius 1 is 1.10 bits per heavy atom. The lowest BCUT2D eigenvalue weighted by Crippen LogP contribution is -2.12. The van der Waals surface area contributed by atoms with Crippen molar-refractivity contribution in [1.82, 2.24) is 4.98 Å². The number of methoxy groups -OCH3 is 1. The summed E-state index contributed by atoms with van der Waals surface area (Å²) in [4.78, 5) is 17.9. The smallest absolute Gasteiger partial charge is 0.267 e. The maximum Gasteiger partial charge on any atom is 0.267 e. The van der Waals surface area contributed by atoms with E-state index in [2.05, 4.69) is 43.2 Å². The van der Waals surface area contributed by atoms with E-state index in [1.54, 1.807) is 7.11 Å². The largest absolute Gasteiger partial charge is 0.495 e. The van der Waals surface area contributed by atoms with Crippen molar-refractivity contribution in [3.05, 3.63) is 69.2 Å². The van der Waals surface area contributed by atoms with Crippen LogP contribution < -0.4 is 14.8 Å². The van der Waals surface area contributed by atoms with E-state index in [0.29, 0.717) is 28.6 Å². The number of nitrogens with one attached hydrogen (secondary N) is 1. The van der Waals surface area contributed by atoms with Gasteiger partial charge in [-0.15, -0.1) is 11.3 Å². The van der Waals surface area contributed by atoms with Gasteiger partial charge >= 0.3 is 0 Å². The van der Waals surface area contributed by atoms with Crippen molar-refractivity contribution in [3.63, 3.8) is 0 Å². The third kappa shape index (κ3) is 5.19. The number of aromatic nitrogens is 1. The number of ether oxygens (including phenoxy) is 2. The minimum absolute atomic E-state index is 0.104. The number of aryl methyl sites for hydroxylation is 2. The summed E-state index contributed by atoms with van der Waals surface area (Å²) in [5.41, 5.74) is 3.73.